The molecule has 2 atom stereocenters. The lowest BCUT2D eigenvalue weighted by Crippen LogP contribution is -2.44. The first-order valence-corrected chi connectivity index (χ1v) is 24.7. The van der Waals surface area contributed by atoms with Gasteiger partial charge in [-0.15, -0.1) is 0 Å². The Kier molecular flexibility index (Phi) is 9.19. The van der Waals surface area contributed by atoms with Crippen LogP contribution >= 0.6 is 0 Å². The predicted octanol–water partition coefficient (Wildman–Crippen LogP) is 17.0. The Labute approximate surface area is 409 Å². The van der Waals surface area contributed by atoms with E-state index in [0.29, 0.717) is 0 Å². The third-order valence-corrected chi connectivity index (χ3v) is 15.6. The van der Waals surface area contributed by atoms with Gasteiger partial charge in [-0.05, 0) is 140 Å². The first kappa shape index (κ1) is 40.4. The Hall–Kier alpha value is -8.72. The molecule has 2 unspecified atom stereocenters. The van der Waals surface area contributed by atoms with Gasteiger partial charge in [0.2, 0.25) is 0 Å². The van der Waals surface area contributed by atoms with Gasteiger partial charge in [0.15, 0.2) is 0 Å². The van der Waals surface area contributed by atoms with E-state index < -0.39 is 10.8 Å². The van der Waals surface area contributed by atoms with Gasteiger partial charge in [-0.3, -0.25) is 0 Å². The second kappa shape index (κ2) is 15.9. The number of anilines is 3. The summed E-state index contributed by atoms with van der Waals surface area (Å²) in [6, 6.07) is 93.3. The van der Waals surface area contributed by atoms with Crippen molar-refractivity contribution < 1.29 is 0 Å². The van der Waals surface area contributed by atoms with Crippen LogP contribution in [0.4, 0.5) is 17.1 Å². The predicted molar refractivity (Wildman–Crippen MR) is 291 cm³/mol. The lowest BCUT2D eigenvalue weighted by atomic mass is 9.51. The summed E-state index contributed by atoms with van der Waals surface area (Å²) in [7, 11) is 0. The number of allylic oxidation sites excluding steroid dienone is 4. The van der Waals surface area contributed by atoms with Crippen LogP contribution < -0.4 is 4.90 Å². The molecule has 0 aliphatic heterocycles. The molecule has 0 spiro atoms. The van der Waals surface area contributed by atoms with Crippen LogP contribution in [0.15, 0.2) is 267 Å². The molecule has 3 aliphatic rings. The van der Waals surface area contributed by atoms with Crippen LogP contribution in [-0.4, -0.2) is 4.57 Å². The molecule has 0 saturated heterocycles. The van der Waals surface area contributed by atoms with Crippen LogP contribution in [0.25, 0.3) is 44.2 Å². The van der Waals surface area contributed by atoms with E-state index in [1.54, 1.807) is 0 Å². The second-order valence-corrected chi connectivity index (χ2v) is 19.0. The highest BCUT2D eigenvalue weighted by atomic mass is 15.1. The molecule has 0 bridgehead atoms. The highest BCUT2D eigenvalue weighted by Gasteiger charge is 2.57. The van der Waals surface area contributed by atoms with Crippen molar-refractivity contribution in [3.63, 3.8) is 0 Å². The molecule has 2 heteroatoms. The standard InChI is InChI=1S/C68H48N2/c1-4-20-47(21-5-1)48-38-40-52(41-39-48)69(53-42-44-54(45-43-53)70-64-36-16-11-29-57(64)58-30-12-17-37-65(58)70)55-27-18-26-51(46-55)67(49-22-6-2-7-23-49)61-33-14-15-34-62(61)68(50-24-8-3-9-25-50)60-32-13-10-28-56(60)59-31-19-35-63(67)66(59)68/h2-4,6-46H,1,5H2. The number of benzene rings is 10. The van der Waals surface area contributed by atoms with Gasteiger partial charge in [-0.2, -0.15) is 0 Å². The first-order chi connectivity index (χ1) is 34.7. The van der Waals surface area contributed by atoms with E-state index in [0.717, 1.165) is 35.6 Å². The maximum atomic E-state index is 2.47. The van der Waals surface area contributed by atoms with Crippen LogP contribution in [0.2, 0.25) is 0 Å². The van der Waals surface area contributed by atoms with Gasteiger partial charge in [0.1, 0.15) is 0 Å². The van der Waals surface area contributed by atoms with Crippen LogP contribution in [0.5, 0.6) is 0 Å². The molecule has 14 rings (SSSR count). The topological polar surface area (TPSA) is 8.17 Å². The third kappa shape index (κ3) is 5.74. The molecule has 3 aliphatic carbocycles. The minimum Gasteiger partial charge on any atom is -0.310 e. The summed E-state index contributed by atoms with van der Waals surface area (Å²) in [5.41, 5.74) is 21.1. The summed E-state index contributed by atoms with van der Waals surface area (Å²) in [5, 5.41) is 2.52. The van der Waals surface area contributed by atoms with Gasteiger partial charge in [0.25, 0.3) is 0 Å². The molecule has 1 heterocycles. The van der Waals surface area contributed by atoms with Crippen LogP contribution in [0.3, 0.4) is 0 Å². The first-order valence-electron chi connectivity index (χ1n) is 24.7. The molecule has 330 valence electrons. The lowest BCUT2D eigenvalue weighted by Gasteiger charge is -2.49. The van der Waals surface area contributed by atoms with E-state index in [9.17, 15) is 0 Å². The van der Waals surface area contributed by atoms with Crippen molar-refractivity contribution in [2.75, 3.05) is 4.90 Å². The lowest BCUT2D eigenvalue weighted by molar-refractivity contribution is 0.627. The van der Waals surface area contributed by atoms with Crippen LogP contribution in [0, 0.1) is 0 Å². The molecule has 11 aromatic rings. The van der Waals surface area contributed by atoms with E-state index in [1.165, 1.54) is 88.6 Å². The van der Waals surface area contributed by atoms with Crippen molar-refractivity contribution in [3.05, 3.63) is 317 Å². The van der Waals surface area contributed by atoms with Crippen molar-refractivity contribution in [1.82, 2.24) is 4.57 Å². The highest BCUT2D eigenvalue weighted by molar-refractivity contribution is 6.09. The van der Waals surface area contributed by atoms with Gasteiger partial charge < -0.3 is 9.47 Å². The van der Waals surface area contributed by atoms with Gasteiger partial charge in [-0.1, -0.05) is 206 Å². The molecule has 0 radical (unpaired) electrons. The summed E-state index contributed by atoms with van der Waals surface area (Å²) in [6.45, 7) is 0. The number of fused-ring (bicyclic) bond motifs is 8. The van der Waals surface area contributed by atoms with Crippen molar-refractivity contribution >= 4 is 44.4 Å². The average Bonchev–Trinajstić information content (AvgIpc) is 3.95. The molecule has 0 saturated carbocycles. The van der Waals surface area contributed by atoms with E-state index in [4.69, 9.17) is 0 Å². The van der Waals surface area contributed by atoms with Crippen molar-refractivity contribution in [2.24, 2.45) is 0 Å². The molecule has 10 aromatic carbocycles. The minimum atomic E-state index is -0.671. The monoisotopic (exact) mass is 892 g/mol. The zero-order valence-corrected chi connectivity index (χ0v) is 38.7. The van der Waals surface area contributed by atoms with E-state index in [1.807, 2.05) is 0 Å². The van der Waals surface area contributed by atoms with Crippen molar-refractivity contribution in [1.29, 1.82) is 0 Å². The Bertz CT molecular complexity index is 3820. The molecule has 0 amide bonds. The zero-order valence-electron chi connectivity index (χ0n) is 38.7. The zero-order chi connectivity index (χ0) is 46.2. The Morgan fingerprint density at radius 2 is 0.900 bits per heavy atom. The van der Waals surface area contributed by atoms with Gasteiger partial charge in [-0.25, -0.2) is 0 Å². The number of nitrogens with zero attached hydrogens (tertiary/aromatic N) is 2. The molecular weight excluding hydrogens is 845 g/mol. The summed E-state index contributed by atoms with van der Waals surface area (Å²) in [5.74, 6) is 0. The summed E-state index contributed by atoms with van der Waals surface area (Å²) in [6.07, 6.45) is 9.08. The third-order valence-electron chi connectivity index (χ3n) is 15.6. The van der Waals surface area contributed by atoms with Crippen molar-refractivity contribution in [2.45, 2.75) is 23.7 Å². The van der Waals surface area contributed by atoms with Gasteiger partial charge in [0, 0.05) is 33.5 Å². The quantitative estimate of drug-likeness (QED) is 0.148. The normalized spacial score (nSPS) is 17.5. The molecule has 2 nitrogen and oxygen atoms in total. The minimum absolute atomic E-state index is 0.509. The van der Waals surface area contributed by atoms with Crippen LogP contribution in [0.1, 0.15) is 62.9 Å². The highest BCUT2D eigenvalue weighted by Crippen LogP contribution is 2.66. The summed E-state index contributed by atoms with van der Waals surface area (Å²) in [4.78, 5) is 2.45. The van der Waals surface area contributed by atoms with Crippen LogP contribution in [-0.2, 0) is 10.8 Å². The Morgan fingerprint density at radius 1 is 0.371 bits per heavy atom. The molecular formula is C68H48N2. The number of aromatic nitrogens is 1. The SMILES string of the molecule is C1=CC(c2ccc(N(c3ccc(-n4c5ccccc5c5ccccc54)cc3)c3cccc(C4(c5ccccc5)c5ccccc5C5(c6ccccc6)c6ccccc6-c6cccc4c65)c3)cc2)=CCC1. The van der Waals surface area contributed by atoms with Gasteiger partial charge >= 0.3 is 0 Å². The number of para-hydroxylation sites is 2. The van der Waals surface area contributed by atoms with E-state index in [-0.39, 0.29) is 0 Å². The Balaban J connectivity index is 1.01. The average molecular weight is 893 g/mol. The maximum Gasteiger partial charge on any atom is 0.0720 e. The second-order valence-electron chi connectivity index (χ2n) is 19.0. The van der Waals surface area contributed by atoms with E-state index >= 15 is 0 Å². The van der Waals surface area contributed by atoms with E-state index in [2.05, 4.69) is 276 Å². The molecule has 70 heavy (non-hydrogen) atoms. The summed E-state index contributed by atoms with van der Waals surface area (Å²) < 4.78 is 2.40. The molecule has 0 fully saturated rings. The maximum absolute atomic E-state index is 2.47. The van der Waals surface area contributed by atoms with Gasteiger partial charge in [0.05, 0.1) is 21.9 Å². The smallest absolute Gasteiger partial charge is 0.0720 e. The largest absolute Gasteiger partial charge is 0.310 e. The fraction of sp³-hybridized carbons (Fsp3) is 0.0588. The summed E-state index contributed by atoms with van der Waals surface area (Å²) >= 11 is 0. The molecule has 0 N–H and O–H groups in total. The molecule has 1 aromatic heterocycles. The fourth-order valence-electron chi connectivity index (χ4n) is 12.8. The fourth-order valence-corrected chi connectivity index (χ4v) is 12.8. The number of rotatable bonds is 8. The Morgan fingerprint density at radius 3 is 1.57 bits per heavy atom. The number of hydrogen-bond donors (Lipinski definition) is 0. The van der Waals surface area contributed by atoms with Crippen molar-refractivity contribution in [3.8, 4) is 16.8 Å². The number of hydrogen-bond acceptors (Lipinski definition) is 1.